The molecule has 0 bridgehead atoms. The minimum Gasteiger partial charge on any atom is -0.354 e. The Labute approximate surface area is 125 Å². The van der Waals surface area contributed by atoms with Crippen LogP contribution in [0.2, 0.25) is 10.3 Å². The van der Waals surface area contributed by atoms with Crippen LogP contribution in [0.15, 0.2) is 18.2 Å². The summed E-state index contributed by atoms with van der Waals surface area (Å²) in [6.45, 7) is 2.72. The normalized spacial score (nSPS) is 10.4. The molecule has 0 fully saturated rings. The maximum atomic E-state index is 13.7. The third-order valence-corrected chi connectivity index (χ3v) is 2.72. The number of hydrogen-bond donors (Lipinski definition) is 2. The number of anilines is 3. The van der Waals surface area contributed by atoms with Crippen LogP contribution >= 0.6 is 23.2 Å². The fraction of sp³-hybridized carbons (Fsp3) is 0.250. The first kappa shape index (κ1) is 14.7. The maximum Gasteiger partial charge on any atom is 0.233 e. The van der Waals surface area contributed by atoms with Crippen LogP contribution in [0.1, 0.15) is 13.3 Å². The molecule has 1 aromatic carbocycles. The molecule has 0 radical (unpaired) electrons. The Morgan fingerprint density at radius 2 is 1.90 bits per heavy atom. The van der Waals surface area contributed by atoms with E-state index in [0.717, 1.165) is 6.42 Å². The van der Waals surface area contributed by atoms with E-state index in [1.807, 2.05) is 6.92 Å². The van der Waals surface area contributed by atoms with E-state index in [2.05, 4.69) is 25.6 Å². The summed E-state index contributed by atoms with van der Waals surface area (Å²) in [5.41, 5.74) is 0.207. The molecule has 0 amide bonds. The molecule has 2 rings (SSSR count). The highest BCUT2D eigenvalue weighted by atomic mass is 35.5. The lowest BCUT2D eigenvalue weighted by atomic mass is 10.3. The molecule has 8 heteroatoms. The van der Waals surface area contributed by atoms with Gasteiger partial charge in [0.25, 0.3) is 0 Å². The van der Waals surface area contributed by atoms with Gasteiger partial charge in [-0.1, -0.05) is 18.5 Å². The molecule has 0 unspecified atom stereocenters. The molecule has 2 aromatic rings. The van der Waals surface area contributed by atoms with Crippen molar-refractivity contribution in [1.82, 2.24) is 15.0 Å². The van der Waals surface area contributed by atoms with Gasteiger partial charge in [0, 0.05) is 11.6 Å². The van der Waals surface area contributed by atoms with Gasteiger partial charge in [-0.05, 0) is 36.2 Å². The summed E-state index contributed by atoms with van der Waals surface area (Å²) in [6, 6.07) is 4.25. The topological polar surface area (TPSA) is 62.7 Å². The van der Waals surface area contributed by atoms with Crippen molar-refractivity contribution in [2.45, 2.75) is 13.3 Å². The first-order valence-corrected chi connectivity index (χ1v) is 6.71. The van der Waals surface area contributed by atoms with Gasteiger partial charge in [0.15, 0.2) is 0 Å². The molecule has 5 nitrogen and oxygen atoms in total. The second kappa shape index (κ2) is 6.67. The fourth-order valence-electron chi connectivity index (χ4n) is 1.43. The van der Waals surface area contributed by atoms with Gasteiger partial charge in [0.05, 0.1) is 5.69 Å². The van der Waals surface area contributed by atoms with Gasteiger partial charge in [-0.15, -0.1) is 0 Å². The van der Waals surface area contributed by atoms with Crippen LogP contribution in [0.5, 0.6) is 0 Å². The van der Waals surface area contributed by atoms with E-state index < -0.39 is 5.82 Å². The van der Waals surface area contributed by atoms with Crippen molar-refractivity contribution < 1.29 is 4.39 Å². The zero-order valence-electron chi connectivity index (χ0n) is 10.6. The zero-order chi connectivity index (χ0) is 14.5. The van der Waals surface area contributed by atoms with Gasteiger partial charge in [0.1, 0.15) is 5.82 Å². The van der Waals surface area contributed by atoms with Crippen LogP contribution in [-0.4, -0.2) is 21.5 Å². The standard InChI is InChI=1S/C12H12Cl2FN5/c1-2-5-16-11-18-10(14)19-12(20-11)17-9-4-3-7(13)6-8(9)15/h3-4,6H,2,5H2,1H3,(H2,16,17,18,19,20). The Kier molecular flexibility index (Phi) is 4.92. The van der Waals surface area contributed by atoms with Gasteiger partial charge in [0.2, 0.25) is 17.2 Å². The number of hydrogen-bond acceptors (Lipinski definition) is 5. The molecular formula is C12H12Cl2FN5. The Hall–Kier alpha value is -1.66. The summed E-state index contributed by atoms with van der Waals surface area (Å²) in [4.78, 5) is 11.9. The smallest absolute Gasteiger partial charge is 0.233 e. The highest BCUT2D eigenvalue weighted by Crippen LogP contribution is 2.22. The van der Waals surface area contributed by atoms with Crippen molar-refractivity contribution in [3.8, 4) is 0 Å². The molecular weight excluding hydrogens is 304 g/mol. The molecule has 0 aliphatic carbocycles. The number of rotatable bonds is 5. The molecule has 20 heavy (non-hydrogen) atoms. The van der Waals surface area contributed by atoms with Gasteiger partial charge in [-0.2, -0.15) is 15.0 Å². The van der Waals surface area contributed by atoms with Crippen LogP contribution in [-0.2, 0) is 0 Å². The lowest BCUT2D eigenvalue weighted by Crippen LogP contribution is -2.08. The molecule has 106 valence electrons. The van der Waals surface area contributed by atoms with Crippen molar-refractivity contribution in [1.29, 1.82) is 0 Å². The van der Waals surface area contributed by atoms with Gasteiger partial charge in [-0.25, -0.2) is 4.39 Å². The van der Waals surface area contributed by atoms with E-state index in [1.54, 1.807) is 6.07 Å². The van der Waals surface area contributed by atoms with Gasteiger partial charge >= 0.3 is 0 Å². The Bertz CT molecular complexity index is 608. The maximum absolute atomic E-state index is 13.7. The van der Waals surface area contributed by atoms with E-state index in [9.17, 15) is 4.39 Å². The summed E-state index contributed by atoms with van der Waals surface area (Å²) in [5, 5.41) is 6.06. The van der Waals surface area contributed by atoms with E-state index in [4.69, 9.17) is 23.2 Å². The average Bonchev–Trinajstić information content (AvgIpc) is 2.39. The van der Waals surface area contributed by atoms with Crippen molar-refractivity contribution in [2.24, 2.45) is 0 Å². The lowest BCUT2D eigenvalue weighted by molar-refractivity contribution is 0.631. The quantitative estimate of drug-likeness (QED) is 0.876. The summed E-state index contributed by atoms with van der Waals surface area (Å²) in [6.07, 6.45) is 0.915. The second-order valence-corrected chi connectivity index (χ2v) is 4.70. The predicted molar refractivity (Wildman–Crippen MR) is 78.3 cm³/mol. The zero-order valence-corrected chi connectivity index (χ0v) is 12.1. The summed E-state index contributed by atoms with van der Waals surface area (Å²) < 4.78 is 13.7. The third kappa shape index (κ3) is 3.91. The highest BCUT2D eigenvalue weighted by Gasteiger charge is 2.08. The van der Waals surface area contributed by atoms with Crippen molar-refractivity contribution in [3.63, 3.8) is 0 Å². The highest BCUT2D eigenvalue weighted by molar-refractivity contribution is 6.30. The average molecular weight is 316 g/mol. The Balaban J connectivity index is 2.21. The minimum absolute atomic E-state index is 0.0236. The van der Waals surface area contributed by atoms with E-state index in [-0.39, 0.29) is 16.9 Å². The first-order chi connectivity index (χ1) is 9.58. The fourth-order valence-corrected chi connectivity index (χ4v) is 1.75. The van der Waals surface area contributed by atoms with Crippen LogP contribution < -0.4 is 10.6 Å². The van der Waals surface area contributed by atoms with Crippen LogP contribution in [0.25, 0.3) is 0 Å². The Morgan fingerprint density at radius 1 is 1.15 bits per heavy atom. The van der Waals surface area contributed by atoms with Crippen LogP contribution in [0, 0.1) is 5.82 Å². The molecule has 0 saturated heterocycles. The summed E-state index contributed by atoms with van der Waals surface area (Å²) in [7, 11) is 0. The Morgan fingerprint density at radius 3 is 2.60 bits per heavy atom. The summed E-state index contributed by atoms with van der Waals surface area (Å²) in [5.74, 6) is -0.00866. The summed E-state index contributed by atoms with van der Waals surface area (Å²) >= 11 is 11.5. The molecule has 0 spiro atoms. The van der Waals surface area contributed by atoms with E-state index in [0.29, 0.717) is 17.5 Å². The number of nitrogens with one attached hydrogen (secondary N) is 2. The lowest BCUT2D eigenvalue weighted by Gasteiger charge is -2.08. The number of benzene rings is 1. The number of nitrogens with zero attached hydrogens (tertiary/aromatic N) is 3. The number of aromatic nitrogens is 3. The van der Waals surface area contributed by atoms with Gasteiger partial charge in [-0.3, -0.25) is 0 Å². The molecule has 2 N–H and O–H groups in total. The van der Waals surface area contributed by atoms with Gasteiger partial charge < -0.3 is 10.6 Å². The van der Waals surface area contributed by atoms with Crippen LogP contribution in [0.3, 0.4) is 0 Å². The number of halogens is 3. The molecule has 0 atom stereocenters. The molecule has 1 heterocycles. The molecule has 0 aliphatic rings. The van der Waals surface area contributed by atoms with Crippen molar-refractivity contribution in [2.75, 3.05) is 17.2 Å². The predicted octanol–water partition coefficient (Wildman–Crippen LogP) is 3.88. The van der Waals surface area contributed by atoms with E-state index >= 15 is 0 Å². The van der Waals surface area contributed by atoms with E-state index in [1.165, 1.54) is 12.1 Å². The monoisotopic (exact) mass is 315 g/mol. The largest absolute Gasteiger partial charge is 0.354 e. The first-order valence-electron chi connectivity index (χ1n) is 5.96. The van der Waals surface area contributed by atoms with Crippen LogP contribution in [0.4, 0.5) is 22.0 Å². The third-order valence-electron chi connectivity index (χ3n) is 2.32. The molecule has 0 saturated carbocycles. The SMILES string of the molecule is CCCNc1nc(Cl)nc(Nc2ccc(Cl)cc2F)n1. The minimum atomic E-state index is -0.503. The van der Waals surface area contributed by atoms with Crippen molar-refractivity contribution >= 4 is 40.8 Å². The molecule has 0 aliphatic heterocycles. The molecule has 1 aromatic heterocycles. The second-order valence-electron chi connectivity index (χ2n) is 3.93. The van der Waals surface area contributed by atoms with Crippen molar-refractivity contribution in [3.05, 3.63) is 34.3 Å².